The maximum atomic E-state index is 12.2. The van der Waals surface area contributed by atoms with Crippen LogP contribution in [0.25, 0.3) is 0 Å². The fourth-order valence-electron chi connectivity index (χ4n) is 2.03. The average Bonchev–Trinajstić information content (AvgIpc) is 2.99. The van der Waals surface area contributed by atoms with Gasteiger partial charge in [0, 0.05) is 39.0 Å². The van der Waals surface area contributed by atoms with Crippen molar-refractivity contribution in [3.05, 3.63) is 31.8 Å². The minimum Gasteiger partial charge on any atom is -0.340 e. The number of aryl methyl sites for hydroxylation is 3. The zero-order valence-electron chi connectivity index (χ0n) is 12.9. The molecule has 1 amide bonds. The molecule has 0 bridgehead atoms. The molecule has 0 unspecified atom stereocenters. The lowest BCUT2D eigenvalue weighted by molar-refractivity contribution is -0.130. The van der Waals surface area contributed by atoms with Gasteiger partial charge in [0.05, 0.1) is 26.0 Å². The van der Waals surface area contributed by atoms with Gasteiger partial charge >= 0.3 is 0 Å². The minimum atomic E-state index is 0.0844. The first kappa shape index (κ1) is 17.5. The van der Waals surface area contributed by atoms with Crippen LogP contribution in [0.4, 0.5) is 0 Å². The molecule has 0 N–H and O–H groups in total. The van der Waals surface area contributed by atoms with E-state index in [0.717, 1.165) is 26.0 Å². The smallest absolute Gasteiger partial charge is 0.224 e. The summed E-state index contributed by atoms with van der Waals surface area (Å²) in [6.07, 6.45) is 4.32. The summed E-state index contributed by atoms with van der Waals surface area (Å²) in [7, 11) is 1.80. The first-order valence-corrected chi connectivity index (χ1v) is 8.93. The number of nitrogens with zero attached hydrogens (tertiary/aromatic N) is 5. The maximum Gasteiger partial charge on any atom is 0.224 e. The van der Waals surface area contributed by atoms with Crippen molar-refractivity contribution in [1.82, 2.24) is 24.5 Å². The second-order valence-corrected chi connectivity index (χ2v) is 7.12. The number of hydrogen-bond donors (Lipinski definition) is 0. The molecule has 0 radical (unpaired) electrons. The molecule has 0 aliphatic rings. The van der Waals surface area contributed by atoms with E-state index in [4.69, 9.17) is 0 Å². The van der Waals surface area contributed by atoms with Crippen LogP contribution in [-0.4, -0.2) is 37.4 Å². The Balaban J connectivity index is 1.90. The van der Waals surface area contributed by atoms with Gasteiger partial charge in [0.25, 0.3) is 0 Å². The molecule has 0 saturated heterocycles. The standard InChI is InChI=1S/C14H19BrIN5O/c1-4-20-7-11(15)13(18-20)9-19(3)14(22)5-6-21-8-12(16)10(2)17-21/h7-8H,4-6,9H2,1-3H3. The molecule has 0 aliphatic carbocycles. The Morgan fingerprint density at radius 1 is 1.36 bits per heavy atom. The number of carbonyl (C=O) groups excluding carboxylic acids is 1. The minimum absolute atomic E-state index is 0.0844. The predicted molar refractivity (Wildman–Crippen MR) is 96.4 cm³/mol. The van der Waals surface area contributed by atoms with Gasteiger partial charge in [-0.1, -0.05) is 0 Å². The van der Waals surface area contributed by atoms with Gasteiger partial charge in [-0.3, -0.25) is 14.2 Å². The van der Waals surface area contributed by atoms with Gasteiger partial charge < -0.3 is 4.90 Å². The number of rotatable bonds is 6. The number of carbonyl (C=O) groups is 1. The number of aromatic nitrogens is 4. The molecule has 22 heavy (non-hydrogen) atoms. The summed E-state index contributed by atoms with van der Waals surface area (Å²) in [4.78, 5) is 13.9. The fourth-order valence-corrected chi connectivity index (χ4v) is 2.90. The molecule has 0 fully saturated rings. The second-order valence-electron chi connectivity index (χ2n) is 5.10. The Morgan fingerprint density at radius 2 is 2.09 bits per heavy atom. The summed E-state index contributed by atoms with van der Waals surface area (Å²) in [5, 5.41) is 8.81. The summed E-state index contributed by atoms with van der Waals surface area (Å²) in [6.45, 7) is 5.91. The van der Waals surface area contributed by atoms with Crippen LogP contribution in [0, 0.1) is 10.5 Å². The van der Waals surface area contributed by atoms with Crippen LogP contribution >= 0.6 is 38.5 Å². The van der Waals surface area contributed by atoms with Crippen molar-refractivity contribution in [2.24, 2.45) is 0 Å². The third-order valence-electron chi connectivity index (χ3n) is 3.37. The largest absolute Gasteiger partial charge is 0.340 e. The van der Waals surface area contributed by atoms with Crippen molar-refractivity contribution in [3.8, 4) is 0 Å². The average molecular weight is 480 g/mol. The zero-order chi connectivity index (χ0) is 16.3. The van der Waals surface area contributed by atoms with Gasteiger partial charge in [-0.05, 0) is 52.4 Å². The van der Waals surface area contributed by atoms with E-state index >= 15 is 0 Å². The van der Waals surface area contributed by atoms with Gasteiger partial charge in [-0.25, -0.2) is 0 Å². The summed E-state index contributed by atoms with van der Waals surface area (Å²) >= 11 is 5.73. The van der Waals surface area contributed by atoms with Crippen LogP contribution in [0.15, 0.2) is 16.9 Å². The van der Waals surface area contributed by atoms with Crippen molar-refractivity contribution in [1.29, 1.82) is 0 Å². The second kappa shape index (κ2) is 7.58. The van der Waals surface area contributed by atoms with E-state index in [2.05, 4.69) is 48.7 Å². The fraction of sp³-hybridized carbons (Fsp3) is 0.500. The number of amides is 1. The molecule has 0 spiro atoms. The SMILES string of the molecule is CCn1cc(Br)c(CN(C)C(=O)CCn2cc(I)c(C)n2)n1. The third kappa shape index (κ3) is 4.31. The molecule has 120 valence electrons. The van der Waals surface area contributed by atoms with E-state index in [1.165, 1.54) is 0 Å². The lowest BCUT2D eigenvalue weighted by Gasteiger charge is -2.16. The van der Waals surface area contributed by atoms with Gasteiger partial charge in [0.1, 0.15) is 0 Å². The maximum absolute atomic E-state index is 12.2. The highest BCUT2D eigenvalue weighted by molar-refractivity contribution is 14.1. The summed E-state index contributed by atoms with van der Waals surface area (Å²) < 4.78 is 5.73. The molecule has 0 atom stereocenters. The molecule has 6 nitrogen and oxygen atoms in total. The molecule has 2 heterocycles. The van der Waals surface area contributed by atoms with Gasteiger partial charge in [0.15, 0.2) is 0 Å². The van der Waals surface area contributed by atoms with Crippen molar-refractivity contribution < 1.29 is 4.79 Å². The highest BCUT2D eigenvalue weighted by Crippen LogP contribution is 2.17. The lowest BCUT2D eigenvalue weighted by atomic mass is 10.3. The van der Waals surface area contributed by atoms with Crippen LogP contribution in [-0.2, 0) is 24.4 Å². The van der Waals surface area contributed by atoms with E-state index in [1.54, 1.807) is 11.9 Å². The van der Waals surface area contributed by atoms with Gasteiger partial charge in [-0.15, -0.1) is 0 Å². The Hall–Kier alpha value is -0.900. The van der Waals surface area contributed by atoms with Crippen LogP contribution in [0.5, 0.6) is 0 Å². The monoisotopic (exact) mass is 479 g/mol. The van der Waals surface area contributed by atoms with E-state index < -0.39 is 0 Å². The first-order valence-electron chi connectivity index (χ1n) is 7.06. The Bertz CT molecular complexity index is 647. The Morgan fingerprint density at radius 3 is 2.64 bits per heavy atom. The topological polar surface area (TPSA) is 56.0 Å². The van der Waals surface area contributed by atoms with Crippen LogP contribution in [0.3, 0.4) is 0 Å². The van der Waals surface area contributed by atoms with Crippen molar-refractivity contribution in [3.63, 3.8) is 0 Å². The molecular weight excluding hydrogens is 461 g/mol. The van der Waals surface area contributed by atoms with Crippen molar-refractivity contribution in [2.45, 2.75) is 39.9 Å². The lowest BCUT2D eigenvalue weighted by Crippen LogP contribution is -2.27. The van der Waals surface area contributed by atoms with E-state index in [-0.39, 0.29) is 5.91 Å². The van der Waals surface area contributed by atoms with Gasteiger partial charge in [0.2, 0.25) is 5.91 Å². The Labute approximate surface area is 152 Å². The van der Waals surface area contributed by atoms with E-state index in [9.17, 15) is 4.79 Å². The molecule has 2 aromatic rings. The quantitative estimate of drug-likeness (QED) is 0.598. The van der Waals surface area contributed by atoms with E-state index in [0.29, 0.717) is 19.5 Å². The van der Waals surface area contributed by atoms with Crippen molar-refractivity contribution >= 4 is 44.4 Å². The molecular formula is C14H19BrIN5O. The molecule has 0 aliphatic heterocycles. The van der Waals surface area contributed by atoms with Gasteiger partial charge in [-0.2, -0.15) is 10.2 Å². The normalized spacial score (nSPS) is 11.0. The van der Waals surface area contributed by atoms with E-state index in [1.807, 2.05) is 35.6 Å². The summed E-state index contributed by atoms with van der Waals surface area (Å²) in [5.41, 5.74) is 1.87. The zero-order valence-corrected chi connectivity index (χ0v) is 16.6. The predicted octanol–water partition coefficient (Wildman–Crippen LogP) is 2.82. The summed E-state index contributed by atoms with van der Waals surface area (Å²) in [6, 6.07) is 0. The summed E-state index contributed by atoms with van der Waals surface area (Å²) in [5.74, 6) is 0.0844. The Kier molecular flexibility index (Phi) is 6.01. The molecule has 8 heteroatoms. The third-order valence-corrected chi connectivity index (χ3v) is 5.09. The molecule has 0 aromatic carbocycles. The number of halogens is 2. The highest BCUT2D eigenvalue weighted by atomic mass is 127. The molecule has 2 rings (SSSR count). The molecule has 0 saturated carbocycles. The first-order chi connectivity index (χ1) is 10.4. The van der Waals surface area contributed by atoms with Crippen molar-refractivity contribution in [2.75, 3.05) is 7.05 Å². The number of hydrogen-bond acceptors (Lipinski definition) is 3. The van der Waals surface area contributed by atoms with Crippen LogP contribution in [0.2, 0.25) is 0 Å². The molecule has 2 aromatic heterocycles. The van der Waals surface area contributed by atoms with Crippen LogP contribution < -0.4 is 0 Å². The highest BCUT2D eigenvalue weighted by Gasteiger charge is 2.14. The van der Waals surface area contributed by atoms with Crippen LogP contribution in [0.1, 0.15) is 24.7 Å².